The number of anilines is 5. The van der Waals surface area contributed by atoms with E-state index < -0.39 is 12.9 Å². The molecule has 0 radical (unpaired) electrons. The number of carbonyl (C=O) groups excluding carboxylic acids is 1. The molecular weight excluding hydrogens is 472 g/mol. The third kappa shape index (κ3) is 4.98. The molecule has 4 aromatic rings. The molecule has 4 heterocycles. The van der Waals surface area contributed by atoms with Crippen LogP contribution in [0.15, 0.2) is 48.8 Å². The quantitative estimate of drug-likeness (QED) is 0.330. The van der Waals surface area contributed by atoms with E-state index in [0.29, 0.717) is 42.8 Å². The lowest BCUT2D eigenvalue weighted by atomic mass is 10.2. The van der Waals surface area contributed by atoms with E-state index in [1.165, 1.54) is 6.07 Å². The summed E-state index contributed by atoms with van der Waals surface area (Å²) < 4.78 is 35.3. The molecule has 1 amide bonds. The highest BCUT2D eigenvalue weighted by Crippen LogP contribution is 2.36. The Hall–Kier alpha value is -4.38. The maximum Gasteiger partial charge on any atom is 0.254 e. The van der Waals surface area contributed by atoms with Crippen molar-refractivity contribution in [2.75, 3.05) is 55.9 Å². The van der Waals surface area contributed by atoms with Crippen LogP contribution in [0.1, 0.15) is 21.4 Å². The molecule has 3 N–H and O–H groups in total. The number of benzene rings is 1. The molecule has 0 atom stereocenters. The average molecular weight is 506 g/mol. The van der Waals surface area contributed by atoms with Crippen LogP contribution < -0.4 is 25.6 Å². The van der Waals surface area contributed by atoms with Gasteiger partial charge in [-0.3, -0.25) is 9.48 Å². The molecule has 1 saturated heterocycles. The lowest BCUT2D eigenvalue weighted by Crippen LogP contribution is -2.36. The topological polar surface area (TPSA) is 118 Å². The second-order valence-electron chi connectivity index (χ2n) is 8.34. The van der Waals surface area contributed by atoms with E-state index in [-0.39, 0.29) is 11.4 Å². The van der Waals surface area contributed by atoms with E-state index >= 15 is 0 Å². The van der Waals surface area contributed by atoms with E-state index in [0.717, 1.165) is 29.7 Å². The Balaban J connectivity index is 1.47. The number of aryl methyl sites for hydroxylation is 1. The van der Waals surface area contributed by atoms with Crippen LogP contribution in [0, 0.1) is 0 Å². The lowest BCUT2D eigenvalue weighted by Gasteiger charge is -2.28. The first-order valence-electron chi connectivity index (χ1n) is 13.4. The summed E-state index contributed by atoms with van der Waals surface area (Å²) in [4.78, 5) is 24.2. The summed E-state index contributed by atoms with van der Waals surface area (Å²) in [6, 6.07) is 10.6. The second-order valence-corrected chi connectivity index (χ2v) is 8.34. The number of morpholine rings is 1. The first-order valence-corrected chi connectivity index (χ1v) is 11.9. The van der Waals surface area contributed by atoms with Crippen molar-refractivity contribution in [1.29, 1.82) is 0 Å². The zero-order chi connectivity index (χ0) is 28.3. The van der Waals surface area contributed by atoms with E-state index in [4.69, 9.17) is 13.6 Å². The van der Waals surface area contributed by atoms with Crippen LogP contribution in [0.3, 0.4) is 0 Å². The maximum absolute atomic E-state index is 12.9. The number of fused-ring (bicyclic) bond motifs is 1. The maximum atomic E-state index is 12.9. The van der Waals surface area contributed by atoms with Gasteiger partial charge < -0.3 is 30.3 Å². The molecule has 0 unspecified atom stereocenters. The molecule has 37 heavy (non-hydrogen) atoms. The summed E-state index contributed by atoms with van der Waals surface area (Å²) >= 11 is 0. The average Bonchev–Trinajstić information content (AvgIpc) is 3.36. The van der Waals surface area contributed by atoms with Crippen molar-refractivity contribution in [1.82, 2.24) is 25.1 Å². The molecular formula is C26H30N8O3. The van der Waals surface area contributed by atoms with Crippen LogP contribution in [0.4, 0.5) is 28.8 Å². The van der Waals surface area contributed by atoms with Gasteiger partial charge in [-0.1, -0.05) is 0 Å². The van der Waals surface area contributed by atoms with Gasteiger partial charge in [0.15, 0.2) is 5.75 Å². The largest absolute Gasteiger partial charge is 0.492 e. The van der Waals surface area contributed by atoms with Crippen molar-refractivity contribution in [2.24, 2.45) is 0 Å². The highest BCUT2D eigenvalue weighted by molar-refractivity contribution is 6.00. The molecule has 0 spiro atoms. The molecule has 0 aliphatic carbocycles. The number of hydrogen-bond acceptors (Lipinski definition) is 9. The molecule has 1 aliphatic rings. The summed E-state index contributed by atoms with van der Waals surface area (Å²) in [7, 11) is 1.55. The fraction of sp³-hybridized carbons (Fsp3) is 0.308. The number of nitrogens with one attached hydrogen (secondary N) is 3. The van der Waals surface area contributed by atoms with Crippen molar-refractivity contribution < 1.29 is 18.4 Å². The Kier molecular flexibility index (Phi) is 6.01. The fourth-order valence-corrected chi connectivity index (χ4v) is 4.29. The predicted octanol–water partition coefficient (Wildman–Crippen LogP) is 3.54. The number of aromatic nitrogens is 4. The van der Waals surface area contributed by atoms with Crippen LogP contribution in [0.2, 0.25) is 0 Å². The molecule has 11 heteroatoms. The molecule has 11 nitrogen and oxygen atoms in total. The van der Waals surface area contributed by atoms with Crippen LogP contribution in [0.5, 0.6) is 5.75 Å². The Labute approximate surface area is 219 Å². The van der Waals surface area contributed by atoms with E-state index in [1.54, 1.807) is 36.3 Å². The molecule has 192 valence electrons. The van der Waals surface area contributed by atoms with E-state index in [2.05, 4.69) is 30.6 Å². The number of rotatable bonds is 8. The minimum absolute atomic E-state index is 0.0449. The van der Waals surface area contributed by atoms with Crippen LogP contribution in [-0.2, 0) is 11.3 Å². The highest BCUT2D eigenvalue weighted by atomic mass is 16.5. The summed E-state index contributed by atoms with van der Waals surface area (Å²) in [5.74, 6) is 0.809. The van der Waals surface area contributed by atoms with Crippen LogP contribution >= 0.6 is 0 Å². The van der Waals surface area contributed by atoms with Gasteiger partial charge in [-0.05, 0) is 43.3 Å². The standard InChI is InChI=1S/C26H30N8O3/c1-4-34-23-17(15-29-34)5-8-20(24(23)36-3)30-25-19(26(35)27-2)7-10-22(32-25)31-21-9-6-18(16-28-21)33-11-13-37-14-12-33/h5-10,15-16H,4,11-14H2,1-3H3,(H,27,35)(H2,28,30,31,32)/i2D3. The monoisotopic (exact) mass is 505 g/mol. The van der Waals surface area contributed by atoms with Gasteiger partial charge in [-0.15, -0.1) is 0 Å². The molecule has 3 aromatic heterocycles. The SMILES string of the molecule is [2H]C([2H])([2H])NC(=O)c1ccc(Nc2ccc(N3CCOCC3)cn2)nc1Nc1ccc2cnn(CC)c2c1OC. The van der Waals surface area contributed by atoms with Crippen LogP contribution in [0.25, 0.3) is 10.9 Å². The van der Waals surface area contributed by atoms with Gasteiger partial charge in [0.2, 0.25) is 0 Å². The molecule has 0 saturated carbocycles. The molecule has 5 rings (SSSR count). The van der Waals surface area contributed by atoms with Crippen molar-refractivity contribution in [3.63, 3.8) is 0 Å². The van der Waals surface area contributed by atoms with Crippen molar-refractivity contribution in [3.8, 4) is 5.75 Å². The number of nitrogens with zero attached hydrogens (tertiary/aromatic N) is 5. The van der Waals surface area contributed by atoms with E-state index in [9.17, 15) is 4.79 Å². The zero-order valence-corrected chi connectivity index (χ0v) is 20.6. The Morgan fingerprint density at radius 1 is 1.11 bits per heavy atom. The minimum atomic E-state index is -2.67. The third-order valence-electron chi connectivity index (χ3n) is 6.15. The number of ether oxygens (including phenoxy) is 2. The number of carbonyl (C=O) groups is 1. The fourth-order valence-electron chi connectivity index (χ4n) is 4.29. The Morgan fingerprint density at radius 2 is 1.95 bits per heavy atom. The van der Waals surface area contributed by atoms with Crippen molar-refractivity contribution in [3.05, 3.63) is 54.4 Å². The molecule has 1 fully saturated rings. The number of amides is 1. The molecule has 0 bridgehead atoms. The van der Waals surface area contributed by atoms with Gasteiger partial charge in [-0.25, -0.2) is 9.97 Å². The van der Waals surface area contributed by atoms with Gasteiger partial charge in [0, 0.05) is 36.1 Å². The van der Waals surface area contributed by atoms with Crippen LogP contribution in [-0.4, -0.2) is 66.0 Å². The molecule has 1 aromatic carbocycles. The van der Waals surface area contributed by atoms with Gasteiger partial charge in [0.25, 0.3) is 5.91 Å². The molecule has 1 aliphatic heterocycles. The summed E-state index contributed by atoms with van der Waals surface area (Å²) in [6.07, 6.45) is 3.53. The normalized spacial score (nSPS) is 15.0. The predicted molar refractivity (Wildman–Crippen MR) is 143 cm³/mol. The smallest absolute Gasteiger partial charge is 0.254 e. The zero-order valence-electron chi connectivity index (χ0n) is 23.6. The Morgan fingerprint density at radius 3 is 2.68 bits per heavy atom. The number of pyridine rings is 2. The number of hydrogen-bond donors (Lipinski definition) is 3. The van der Waals surface area contributed by atoms with Gasteiger partial charge in [-0.2, -0.15) is 5.10 Å². The highest BCUT2D eigenvalue weighted by Gasteiger charge is 2.18. The summed E-state index contributed by atoms with van der Waals surface area (Å²) in [5.41, 5.74) is 2.35. The second kappa shape index (κ2) is 10.7. The minimum Gasteiger partial charge on any atom is -0.492 e. The van der Waals surface area contributed by atoms with Crippen molar-refractivity contribution >= 4 is 45.6 Å². The number of methoxy groups -OCH3 is 1. The Bertz CT molecular complexity index is 1500. The summed E-state index contributed by atoms with van der Waals surface area (Å²) in [6.45, 7) is 2.91. The van der Waals surface area contributed by atoms with Gasteiger partial charge in [0.1, 0.15) is 23.0 Å². The van der Waals surface area contributed by atoms with Crippen molar-refractivity contribution in [2.45, 2.75) is 13.5 Å². The van der Waals surface area contributed by atoms with Gasteiger partial charge >= 0.3 is 0 Å². The first-order chi connectivity index (χ1) is 19.3. The van der Waals surface area contributed by atoms with Gasteiger partial charge in [0.05, 0.1) is 49.7 Å². The third-order valence-corrected chi connectivity index (χ3v) is 6.15. The summed E-state index contributed by atoms with van der Waals surface area (Å²) in [5, 5.41) is 13.6. The van der Waals surface area contributed by atoms with E-state index in [1.807, 2.05) is 30.4 Å². The first kappa shape index (κ1) is 20.8. The lowest BCUT2D eigenvalue weighted by molar-refractivity contribution is 0.0963.